The van der Waals surface area contributed by atoms with Gasteiger partial charge in [-0.05, 0) is 32.3 Å². The molecule has 2 heteroatoms. The van der Waals surface area contributed by atoms with Crippen molar-refractivity contribution in [3.05, 3.63) is 12.2 Å². The lowest BCUT2D eigenvalue weighted by molar-refractivity contribution is -0.112. The predicted molar refractivity (Wildman–Crippen MR) is 40.8 cm³/mol. The lowest BCUT2D eigenvalue weighted by Crippen LogP contribution is -1.82. The molecule has 0 atom stereocenters. The first-order valence-electron chi connectivity index (χ1n) is 3.55. The number of rotatable bonds is 5. The number of allylic oxidation sites excluding steroid dienone is 2. The van der Waals surface area contributed by atoms with Gasteiger partial charge in [-0.1, -0.05) is 6.08 Å². The van der Waals surface area contributed by atoms with Crippen LogP contribution in [-0.2, 0) is 4.79 Å². The van der Waals surface area contributed by atoms with Crippen LogP contribution in [0.3, 0.4) is 0 Å². The zero-order valence-electron chi connectivity index (χ0n) is 6.34. The van der Waals surface area contributed by atoms with E-state index in [0.29, 0.717) is 0 Å². The summed E-state index contributed by atoms with van der Waals surface area (Å²) >= 11 is 0. The van der Waals surface area contributed by atoms with Crippen LogP contribution in [0.15, 0.2) is 12.2 Å². The molecule has 0 rings (SSSR count). The van der Waals surface area contributed by atoms with E-state index in [1.165, 1.54) is 6.92 Å². The fourth-order valence-electron chi connectivity index (χ4n) is 0.623. The Labute approximate surface area is 61.6 Å². The van der Waals surface area contributed by atoms with E-state index in [0.717, 1.165) is 19.3 Å². The Morgan fingerprint density at radius 3 is 2.70 bits per heavy atom. The number of ketones is 1. The van der Waals surface area contributed by atoms with Crippen LogP contribution in [0.5, 0.6) is 0 Å². The Kier molecular flexibility index (Phi) is 6.08. The van der Waals surface area contributed by atoms with Crippen molar-refractivity contribution in [3.63, 3.8) is 0 Å². The van der Waals surface area contributed by atoms with Gasteiger partial charge in [-0.3, -0.25) is 4.79 Å². The van der Waals surface area contributed by atoms with Crippen LogP contribution in [0.2, 0.25) is 0 Å². The second-order valence-corrected chi connectivity index (χ2v) is 2.23. The number of unbranched alkanes of at least 4 members (excludes halogenated alkanes) is 2. The molecular weight excluding hydrogens is 128 g/mol. The van der Waals surface area contributed by atoms with Crippen molar-refractivity contribution in [2.75, 3.05) is 6.61 Å². The average molecular weight is 142 g/mol. The van der Waals surface area contributed by atoms with Gasteiger partial charge in [0.15, 0.2) is 5.78 Å². The molecule has 0 aromatic heterocycles. The van der Waals surface area contributed by atoms with Crippen LogP contribution in [-0.4, -0.2) is 17.5 Å². The van der Waals surface area contributed by atoms with E-state index in [9.17, 15) is 4.79 Å². The van der Waals surface area contributed by atoms with Gasteiger partial charge in [0.2, 0.25) is 0 Å². The minimum atomic E-state index is 0.0870. The highest BCUT2D eigenvalue weighted by molar-refractivity contribution is 5.87. The van der Waals surface area contributed by atoms with Gasteiger partial charge in [-0.2, -0.15) is 0 Å². The molecule has 0 saturated heterocycles. The van der Waals surface area contributed by atoms with Crippen LogP contribution < -0.4 is 0 Å². The van der Waals surface area contributed by atoms with Crippen LogP contribution in [0.25, 0.3) is 0 Å². The summed E-state index contributed by atoms with van der Waals surface area (Å²) in [5.41, 5.74) is 0. The molecule has 10 heavy (non-hydrogen) atoms. The van der Waals surface area contributed by atoms with Crippen molar-refractivity contribution < 1.29 is 9.90 Å². The summed E-state index contributed by atoms with van der Waals surface area (Å²) in [6.07, 6.45) is 6.08. The first-order valence-corrected chi connectivity index (χ1v) is 3.55. The maximum absolute atomic E-state index is 10.3. The SMILES string of the molecule is CC(=O)/C=C/CCCCO. The van der Waals surface area contributed by atoms with Gasteiger partial charge in [0.25, 0.3) is 0 Å². The summed E-state index contributed by atoms with van der Waals surface area (Å²) < 4.78 is 0. The Morgan fingerprint density at radius 2 is 2.20 bits per heavy atom. The molecule has 0 heterocycles. The van der Waals surface area contributed by atoms with Gasteiger partial charge in [0, 0.05) is 6.61 Å². The van der Waals surface area contributed by atoms with E-state index < -0.39 is 0 Å². The topological polar surface area (TPSA) is 37.3 Å². The normalized spacial score (nSPS) is 10.6. The van der Waals surface area contributed by atoms with Crippen molar-refractivity contribution in [2.24, 2.45) is 0 Å². The van der Waals surface area contributed by atoms with Gasteiger partial charge in [0.1, 0.15) is 0 Å². The summed E-state index contributed by atoms with van der Waals surface area (Å²) in [5.74, 6) is 0.0870. The molecular formula is C8H14O2. The zero-order chi connectivity index (χ0) is 7.82. The van der Waals surface area contributed by atoms with Gasteiger partial charge in [0.05, 0.1) is 0 Å². The summed E-state index contributed by atoms with van der Waals surface area (Å²) in [5, 5.41) is 8.38. The maximum atomic E-state index is 10.3. The van der Waals surface area contributed by atoms with Gasteiger partial charge in [-0.15, -0.1) is 0 Å². The summed E-state index contributed by atoms with van der Waals surface area (Å²) in [6, 6.07) is 0. The van der Waals surface area contributed by atoms with Gasteiger partial charge >= 0.3 is 0 Å². The second-order valence-electron chi connectivity index (χ2n) is 2.23. The highest BCUT2D eigenvalue weighted by Crippen LogP contribution is 1.94. The van der Waals surface area contributed by atoms with Crippen LogP contribution in [0, 0.1) is 0 Å². The quantitative estimate of drug-likeness (QED) is 0.464. The third-order valence-corrected chi connectivity index (χ3v) is 1.13. The Morgan fingerprint density at radius 1 is 1.50 bits per heavy atom. The fourth-order valence-corrected chi connectivity index (χ4v) is 0.623. The third-order valence-electron chi connectivity index (χ3n) is 1.13. The van der Waals surface area contributed by atoms with Crippen molar-refractivity contribution in [1.82, 2.24) is 0 Å². The van der Waals surface area contributed by atoms with Crippen LogP contribution in [0.1, 0.15) is 26.2 Å². The molecule has 0 aromatic rings. The highest BCUT2D eigenvalue weighted by Gasteiger charge is 1.83. The Bertz CT molecular complexity index is 116. The molecule has 0 aliphatic carbocycles. The Balaban J connectivity index is 3.10. The standard InChI is InChI=1S/C8H14O2/c1-8(10)6-4-2-3-5-7-9/h4,6,9H,2-3,5,7H2,1H3/b6-4+. The lowest BCUT2D eigenvalue weighted by atomic mass is 10.2. The molecule has 2 nitrogen and oxygen atoms in total. The molecule has 0 fully saturated rings. The molecule has 0 saturated carbocycles. The fraction of sp³-hybridized carbons (Fsp3) is 0.625. The minimum absolute atomic E-state index is 0.0870. The van der Waals surface area contributed by atoms with Crippen molar-refractivity contribution >= 4 is 5.78 Å². The smallest absolute Gasteiger partial charge is 0.152 e. The van der Waals surface area contributed by atoms with Gasteiger partial charge in [-0.25, -0.2) is 0 Å². The van der Waals surface area contributed by atoms with E-state index in [1.54, 1.807) is 6.08 Å². The highest BCUT2D eigenvalue weighted by atomic mass is 16.2. The molecule has 0 radical (unpaired) electrons. The van der Waals surface area contributed by atoms with Crippen molar-refractivity contribution in [3.8, 4) is 0 Å². The predicted octanol–water partition coefficient (Wildman–Crippen LogP) is 1.29. The molecule has 58 valence electrons. The Hall–Kier alpha value is -0.630. The van der Waals surface area contributed by atoms with Crippen molar-refractivity contribution in [2.45, 2.75) is 26.2 Å². The largest absolute Gasteiger partial charge is 0.396 e. The number of hydrogen-bond donors (Lipinski definition) is 1. The molecule has 0 aliphatic rings. The number of aliphatic hydroxyl groups is 1. The number of hydrogen-bond acceptors (Lipinski definition) is 2. The molecule has 0 bridgehead atoms. The van der Waals surface area contributed by atoms with E-state index >= 15 is 0 Å². The molecule has 0 amide bonds. The van der Waals surface area contributed by atoms with E-state index in [1.807, 2.05) is 6.08 Å². The summed E-state index contributed by atoms with van der Waals surface area (Å²) in [4.78, 5) is 10.3. The first-order chi connectivity index (χ1) is 4.77. The summed E-state index contributed by atoms with van der Waals surface area (Å²) in [6.45, 7) is 1.77. The lowest BCUT2D eigenvalue weighted by Gasteiger charge is -1.89. The average Bonchev–Trinajstić information content (AvgIpc) is 1.87. The zero-order valence-corrected chi connectivity index (χ0v) is 6.34. The molecule has 1 N–H and O–H groups in total. The van der Waals surface area contributed by atoms with E-state index in [2.05, 4.69) is 0 Å². The first kappa shape index (κ1) is 9.37. The minimum Gasteiger partial charge on any atom is -0.396 e. The monoisotopic (exact) mass is 142 g/mol. The number of aliphatic hydroxyl groups excluding tert-OH is 1. The molecule has 0 aromatic carbocycles. The summed E-state index contributed by atoms with van der Waals surface area (Å²) in [7, 11) is 0. The molecule has 0 spiro atoms. The van der Waals surface area contributed by atoms with Crippen LogP contribution in [0.4, 0.5) is 0 Å². The third kappa shape index (κ3) is 7.37. The van der Waals surface area contributed by atoms with E-state index in [4.69, 9.17) is 5.11 Å². The molecule has 0 aliphatic heterocycles. The molecule has 0 unspecified atom stereocenters. The number of carbonyl (C=O) groups is 1. The maximum Gasteiger partial charge on any atom is 0.152 e. The van der Waals surface area contributed by atoms with Crippen LogP contribution >= 0.6 is 0 Å². The second kappa shape index (κ2) is 6.49. The van der Waals surface area contributed by atoms with Gasteiger partial charge < -0.3 is 5.11 Å². The van der Waals surface area contributed by atoms with E-state index in [-0.39, 0.29) is 12.4 Å². The number of carbonyl (C=O) groups excluding carboxylic acids is 1. The van der Waals surface area contributed by atoms with Crippen molar-refractivity contribution in [1.29, 1.82) is 0 Å².